The highest BCUT2D eigenvalue weighted by molar-refractivity contribution is 7.25. The molecule has 0 atom stereocenters. The smallest absolute Gasteiger partial charge is 0.235 e. The van der Waals surface area contributed by atoms with Crippen LogP contribution < -0.4 is 0 Å². The maximum Gasteiger partial charge on any atom is 0.235 e. The minimum Gasteiger partial charge on any atom is -0.278 e. The summed E-state index contributed by atoms with van der Waals surface area (Å²) in [5.74, 6) is 1.38. The van der Waals surface area contributed by atoms with E-state index < -0.39 is 0 Å². The van der Waals surface area contributed by atoms with Crippen LogP contribution in [0.4, 0.5) is 0 Å². The molecule has 0 amide bonds. The van der Waals surface area contributed by atoms with Crippen molar-refractivity contribution in [1.82, 2.24) is 24.5 Å². The van der Waals surface area contributed by atoms with Gasteiger partial charge in [-0.3, -0.25) is 4.57 Å². The van der Waals surface area contributed by atoms with E-state index in [4.69, 9.17) is 19.9 Å². The van der Waals surface area contributed by atoms with E-state index in [0.29, 0.717) is 5.95 Å². The summed E-state index contributed by atoms with van der Waals surface area (Å²) in [6.07, 6.45) is 0. The number of nitrogens with zero attached hydrogens (tertiary/aromatic N) is 5. The number of thiophene rings is 2. The lowest BCUT2D eigenvalue weighted by Crippen LogP contribution is -2.03. The van der Waals surface area contributed by atoms with Crippen LogP contribution in [0.3, 0.4) is 0 Å². The Morgan fingerprint density at radius 1 is 0.343 bits per heavy atom. The molecule has 14 rings (SSSR count). The van der Waals surface area contributed by atoms with Gasteiger partial charge < -0.3 is 0 Å². The first-order valence-corrected chi connectivity index (χ1v) is 24.0. The average molecular weight is 890 g/mol. The van der Waals surface area contributed by atoms with E-state index in [0.717, 1.165) is 77.0 Å². The molecule has 0 saturated heterocycles. The van der Waals surface area contributed by atoms with E-state index in [2.05, 4.69) is 211 Å². The van der Waals surface area contributed by atoms with Gasteiger partial charge in [0.1, 0.15) is 0 Å². The Morgan fingerprint density at radius 3 is 1.82 bits per heavy atom. The highest BCUT2D eigenvalue weighted by Gasteiger charge is 2.21. The van der Waals surface area contributed by atoms with E-state index in [1.165, 1.54) is 52.3 Å². The Morgan fingerprint density at radius 2 is 1.00 bits per heavy atom. The lowest BCUT2D eigenvalue weighted by molar-refractivity contribution is 1.01. The molecule has 312 valence electrons. The van der Waals surface area contributed by atoms with Crippen LogP contribution in [-0.2, 0) is 0 Å². The molecule has 0 unspecified atom stereocenters. The molecule has 0 spiro atoms. The fourth-order valence-electron chi connectivity index (χ4n) is 9.86. The summed E-state index contributed by atoms with van der Waals surface area (Å²) < 4.78 is 5.82. The molecule has 9 aromatic carbocycles. The third-order valence-electron chi connectivity index (χ3n) is 13.0. The van der Waals surface area contributed by atoms with Gasteiger partial charge in [0.15, 0.2) is 5.82 Å². The first-order valence-electron chi connectivity index (χ1n) is 22.4. The predicted molar refractivity (Wildman–Crippen MR) is 282 cm³/mol. The maximum absolute atomic E-state index is 5.34. The van der Waals surface area contributed by atoms with Gasteiger partial charge in [-0.2, -0.15) is 0 Å². The summed E-state index contributed by atoms with van der Waals surface area (Å²) in [6, 6.07) is 75.5. The van der Waals surface area contributed by atoms with Crippen molar-refractivity contribution in [3.05, 3.63) is 212 Å². The van der Waals surface area contributed by atoms with Gasteiger partial charge in [0.25, 0.3) is 0 Å². The highest BCUT2D eigenvalue weighted by atomic mass is 32.1. The molecule has 0 aliphatic rings. The molecule has 5 aromatic heterocycles. The molecular formula is C60H35N5S2. The van der Waals surface area contributed by atoms with E-state index in [-0.39, 0.29) is 0 Å². The molecule has 0 radical (unpaired) electrons. The Kier molecular flexibility index (Phi) is 8.56. The molecule has 67 heavy (non-hydrogen) atoms. The third kappa shape index (κ3) is 6.20. The van der Waals surface area contributed by atoms with Crippen molar-refractivity contribution in [3.63, 3.8) is 0 Å². The van der Waals surface area contributed by atoms with Gasteiger partial charge in [-0.05, 0) is 82.1 Å². The lowest BCUT2D eigenvalue weighted by Gasteiger charge is -2.12. The third-order valence-corrected chi connectivity index (χ3v) is 15.3. The van der Waals surface area contributed by atoms with Crippen molar-refractivity contribution in [2.75, 3.05) is 0 Å². The number of rotatable bonds is 6. The van der Waals surface area contributed by atoms with E-state index in [9.17, 15) is 0 Å². The standard InChI is InChI=1S/C60H35N5S2/c1-4-15-37(16-5-1)53-35-49-58(67-53)57(39-19-8-3-9-20-39)63-59(61-49)42-27-31-52-46(33-42)44-28-24-41(34-54(44)66-52)40-26-29-50-47(32-40)55-43-21-11-10-14-36(43)25-30-51(55)65(50)60-62-48-23-13-12-22-45(48)56(64-60)38-17-6-2-7-18-38/h1-35H. The second-order valence-electron chi connectivity index (χ2n) is 17.0. The minimum atomic E-state index is 0.653. The minimum absolute atomic E-state index is 0.653. The molecule has 0 fully saturated rings. The van der Waals surface area contributed by atoms with E-state index >= 15 is 0 Å². The SMILES string of the molecule is c1ccc(-c2cc3nc(-c4ccc5sc6cc(-c7ccc8c(c7)c7c9ccccc9ccc7n8-c7nc(-c8ccccc8)c8ccccc8n7)ccc6c5c4)nc(-c4ccccc4)c3s2)cc1. The number of benzene rings is 9. The fraction of sp³-hybridized carbons (Fsp3) is 0. The molecule has 0 aliphatic carbocycles. The zero-order chi connectivity index (χ0) is 44.0. The summed E-state index contributed by atoms with van der Waals surface area (Å²) in [5, 5.41) is 8.22. The Hall–Kier alpha value is -8.36. The van der Waals surface area contributed by atoms with E-state index in [1.54, 1.807) is 11.3 Å². The van der Waals surface area contributed by atoms with Gasteiger partial charge >= 0.3 is 0 Å². The molecular weight excluding hydrogens is 855 g/mol. The topological polar surface area (TPSA) is 56.5 Å². The van der Waals surface area contributed by atoms with Crippen molar-refractivity contribution < 1.29 is 0 Å². The van der Waals surface area contributed by atoms with Crippen LogP contribution >= 0.6 is 22.7 Å². The van der Waals surface area contributed by atoms with Crippen molar-refractivity contribution in [2.24, 2.45) is 0 Å². The highest BCUT2D eigenvalue weighted by Crippen LogP contribution is 2.43. The van der Waals surface area contributed by atoms with Crippen LogP contribution in [0.15, 0.2) is 212 Å². The number of para-hydroxylation sites is 1. The summed E-state index contributed by atoms with van der Waals surface area (Å²) in [4.78, 5) is 22.3. The van der Waals surface area contributed by atoms with Gasteiger partial charge in [-0.25, -0.2) is 19.9 Å². The molecule has 0 bridgehead atoms. The van der Waals surface area contributed by atoms with Gasteiger partial charge in [0.05, 0.1) is 38.2 Å². The quantitative estimate of drug-likeness (QED) is 0.167. The zero-order valence-corrected chi connectivity index (χ0v) is 37.4. The Labute approximate surface area is 392 Å². The molecule has 7 heteroatoms. The lowest BCUT2D eigenvalue weighted by atomic mass is 9.99. The summed E-state index contributed by atoms with van der Waals surface area (Å²) >= 11 is 3.58. The van der Waals surface area contributed by atoms with Crippen LogP contribution in [0.2, 0.25) is 0 Å². The van der Waals surface area contributed by atoms with Gasteiger partial charge in [-0.1, -0.05) is 158 Å². The largest absolute Gasteiger partial charge is 0.278 e. The van der Waals surface area contributed by atoms with Gasteiger partial charge in [0.2, 0.25) is 5.95 Å². The Balaban J connectivity index is 0.902. The van der Waals surface area contributed by atoms with Gasteiger partial charge in [0, 0.05) is 57.9 Å². The molecule has 5 nitrogen and oxygen atoms in total. The van der Waals surface area contributed by atoms with Crippen LogP contribution in [0.1, 0.15) is 0 Å². The van der Waals surface area contributed by atoms with Crippen molar-refractivity contribution in [2.45, 2.75) is 0 Å². The number of hydrogen-bond donors (Lipinski definition) is 0. The summed E-state index contributed by atoms with van der Waals surface area (Å²) in [6.45, 7) is 0. The van der Waals surface area contributed by atoms with Crippen LogP contribution in [-0.4, -0.2) is 24.5 Å². The second kappa shape index (κ2) is 15.1. The molecule has 0 aliphatic heterocycles. The first-order chi connectivity index (χ1) is 33.2. The maximum atomic E-state index is 5.34. The predicted octanol–water partition coefficient (Wildman–Crippen LogP) is 16.6. The number of fused-ring (bicyclic) bond motifs is 10. The monoisotopic (exact) mass is 889 g/mol. The number of hydrogen-bond acceptors (Lipinski definition) is 6. The second-order valence-corrected chi connectivity index (χ2v) is 19.1. The first kappa shape index (κ1) is 38.0. The average Bonchev–Trinajstić information content (AvgIpc) is 4.10. The Bertz CT molecular complexity index is 4270. The number of aromatic nitrogens is 5. The normalized spacial score (nSPS) is 11.9. The molecule has 0 saturated carbocycles. The zero-order valence-electron chi connectivity index (χ0n) is 35.8. The molecule has 5 heterocycles. The fourth-order valence-corrected chi connectivity index (χ4v) is 12.1. The van der Waals surface area contributed by atoms with Gasteiger partial charge in [-0.15, -0.1) is 22.7 Å². The van der Waals surface area contributed by atoms with Crippen molar-refractivity contribution >= 4 is 96.5 Å². The van der Waals surface area contributed by atoms with E-state index in [1.807, 2.05) is 17.4 Å². The van der Waals surface area contributed by atoms with Crippen LogP contribution in [0.5, 0.6) is 0 Å². The summed E-state index contributed by atoms with van der Waals surface area (Å²) in [7, 11) is 0. The van der Waals surface area contributed by atoms with Crippen LogP contribution in [0.25, 0.3) is 135 Å². The van der Waals surface area contributed by atoms with Crippen molar-refractivity contribution in [1.29, 1.82) is 0 Å². The van der Waals surface area contributed by atoms with Crippen LogP contribution in [0, 0.1) is 0 Å². The summed E-state index contributed by atoms with van der Waals surface area (Å²) in [5.41, 5.74) is 12.6. The van der Waals surface area contributed by atoms with Crippen molar-refractivity contribution in [3.8, 4) is 61.4 Å². The molecule has 14 aromatic rings. The molecule has 0 N–H and O–H groups in total.